The first kappa shape index (κ1) is 13.5. The van der Waals surface area contributed by atoms with E-state index in [0.29, 0.717) is 17.8 Å². The van der Waals surface area contributed by atoms with E-state index in [1.54, 1.807) is 0 Å². The second-order valence-electron chi connectivity index (χ2n) is 5.48. The van der Waals surface area contributed by atoms with Gasteiger partial charge in [-0.1, -0.05) is 27.2 Å². The van der Waals surface area contributed by atoms with Crippen LogP contribution in [0.15, 0.2) is 0 Å². The molecule has 94 valence electrons. The first-order valence-corrected chi connectivity index (χ1v) is 6.30. The van der Waals surface area contributed by atoms with E-state index in [1.807, 2.05) is 0 Å². The van der Waals surface area contributed by atoms with Crippen molar-refractivity contribution in [3.63, 3.8) is 0 Å². The number of hydrogen-bond acceptors (Lipinski definition) is 3. The standard InChI is InChI=1S/C13H24O3/c1-8(2)11-6-5-9(3)7-12(11)16-13(15)10(4)14/h8-12,14H,5-7H2,1-4H3/t9-,10?,11?,12?/m1/s1. The lowest BCUT2D eigenvalue weighted by Gasteiger charge is -2.36. The van der Waals surface area contributed by atoms with E-state index >= 15 is 0 Å². The zero-order valence-electron chi connectivity index (χ0n) is 10.8. The second-order valence-corrected chi connectivity index (χ2v) is 5.48. The fraction of sp³-hybridized carbons (Fsp3) is 0.923. The van der Waals surface area contributed by atoms with E-state index in [1.165, 1.54) is 13.3 Å². The van der Waals surface area contributed by atoms with Crippen molar-refractivity contribution in [2.24, 2.45) is 17.8 Å². The number of esters is 1. The molecule has 0 heterocycles. The van der Waals surface area contributed by atoms with Gasteiger partial charge in [-0.25, -0.2) is 4.79 Å². The molecule has 3 heteroatoms. The van der Waals surface area contributed by atoms with Crippen LogP contribution in [0, 0.1) is 17.8 Å². The van der Waals surface area contributed by atoms with Gasteiger partial charge in [0.25, 0.3) is 0 Å². The highest BCUT2D eigenvalue weighted by Gasteiger charge is 2.33. The number of hydrogen-bond donors (Lipinski definition) is 1. The van der Waals surface area contributed by atoms with Crippen molar-refractivity contribution in [3.8, 4) is 0 Å². The SMILES string of the molecule is CC(O)C(=O)OC1C[C@H](C)CCC1C(C)C. The summed E-state index contributed by atoms with van der Waals surface area (Å²) in [6.45, 7) is 7.99. The summed E-state index contributed by atoms with van der Waals surface area (Å²) in [6, 6.07) is 0. The van der Waals surface area contributed by atoms with Crippen LogP contribution in [0.25, 0.3) is 0 Å². The third-order valence-electron chi connectivity index (χ3n) is 3.57. The molecule has 0 aromatic heterocycles. The number of carbonyl (C=O) groups excluding carboxylic acids is 1. The molecule has 0 aromatic rings. The third kappa shape index (κ3) is 3.48. The van der Waals surface area contributed by atoms with Crippen molar-refractivity contribution in [2.75, 3.05) is 0 Å². The van der Waals surface area contributed by atoms with Crippen molar-refractivity contribution < 1.29 is 14.6 Å². The third-order valence-corrected chi connectivity index (χ3v) is 3.57. The highest BCUT2D eigenvalue weighted by atomic mass is 16.6. The normalized spacial score (nSPS) is 32.5. The Balaban J connectivity index is 2.61. The molecule has 1 rings (SSSR count). The van der Waals surface area contributed by atoms with E-state index in [-0.39, 0.29) is 6.10 Å². The molecule has 1 N–H and O–H groups in total. The Bertz CT molecular complexity index is 235. The summed E-state index contributed by atoms with van der Waals surface area (Å²) in [5.74, 6) is 1.10. The van der Waals surface area contributed by atoms with Gasteiger partial charge in [0.05, 0.1) is 0 Å². The molecule has 3 nitrogen and oxygen atoms in total. The van der Waals surface area contributed by atoms with Gasteiger partial charge < -0.3 is 9.84 Å². The number of carbonyl (C=O) groups is 1. The maximum atomic E-state index is 11.4. The van der Waals surface area contributed by atoms with E-state index in [9.17, 15) is 4.79 Å². The fourth-order valence-electron chi connectivity index (χ4n) is 2.50. The van der Waals surface area contributed by atoms with Gasteiger partial charge in [0.1, 0.15) is 12.2 Å². The van der Waals surface area contributed by atoms with Crippen LogP contribution in [0.2, 0.25) is 0 Å². The Morgan fingerprint density at radius 1 is 1.31 bits per heavy atom. The minimum atomic E-state index is -1.01. The maximum Gasteiger partial charge on any atom is 0.334 e. The zero-order valence-corrected chi connectivity index (χ0v) is 10.8. The van der Waals surface area contributed by atoms with Crippen LogP contribution < -0.4 is 0 Å². The van der Waals surface area contributed by atoms with Crippen LogP contribution in [0.5, 0.6) is 0 Å². The average molecular weight is 228 g/mol. The molecule has 1 fully saturated rings. The average Bonchev–Trinajstić information content (AvgIpc) is 2.16. The van der Waals surface area contributed by atoms with E-state index < -0.39 is 12.1 Å². The molecule has 0 radical (unpaired) electrons. The number of ether oxygens (including phenoxy) is 1. The van der Waals surface area contributed by atoms with Crippen LogP contribution >= 0.6 is 0 Å². The van der Waals surface area contributed by atoms with Crippen LogP contribution in [0.4, 0.5) is 0 Å². The minimum Gasteiger partial charge on any atom is -0.460 e. The highest BCUT2D eigenvalue weighted by molar-refractivity contribution is 5.74. The summed E-state index contributed by atoms with van der Waals surface area (Å²) in [7, 11) is 0. The fourth-order valence-corrected chi connectivity index (χ4v) is 2.50. The van der Waals surface area contributed by atoms with Crippen LogP contribution in [-0.4, -0.2) is 23.3 Å². The zero-order chi connectivity index (χ0) is 12.3. The lowest BCUT2D eigenvalue weighted by Crippen LogP contribution is -2.37. The van der Waals surface area contributed by atoms with E-state index in [0.717, 1.165) is 12.8 Å². The first-order chi connectivity index (χ1) is 7.41. The molecular weight excluding hydrogens is 204 g/mol. The van der Waals surface area contributed by atoms with Crippen molar-refractivity contribution in [3.05, 3.63) is 0 Å². The van der Waals surface area contributed by atoms with Crippen LogP contribution in [0.1, 0.15) is 47.0 Å². The van der Waals surface area contributed by atoms with Gasteiger partial charge in [-0.05, 0) is 37.5 Å². The summed E-state index contributed by atoms with van der Waals surface area (Å²) in [6.07, 6.45) is 2.25. The van der Waals surface area contributed by atoms with Gasteiger partial charge in [0.2, 0.25) is 0 Å². The van der Waals surface area contributed by atoms with Crippen LogP contribution in [0.3, 0.4) is 0 Å². The summed E-state index contributed by atoms with van der Waals surface area (Å²) >= 11 is 0. The Hall–Kier alpha value is -0.570. The van der Waals surface area contributed by atoms with Crippen molar-refractivity contribution in [1.29, 1.82) is 0 Å². The highest BCUT2D eigenvalue weighted by Crippen LogP contribution is 2.35. The van der Waals surface area contributed by atoms with Gasteiger partial charge >= 0.3 is 5.97 Å². The van der Waals surface area contributed by atoms with Gasteiger partial charge in [0, 0.05) is 0 Å². The van der Waals surface area contributed by atoms with Gasteiger partial charge in [-0.3, -0.25) is 0 Å². The smallest absolute Gasteiger partial charge is 0.334 e. The lowest BCUT2D eigenvalue weighted by molar-refractivity contribution is -0.164. The molecule has 1 aliphatic rings. The quantitative estimate of drug-likeness (QED) is 0.754. The Labute approximate surface area is 98.2 Å². The molecule has 1 saturated carbocycles. The van der Waals surface area contributed by atoms with Crippen molar-refractivity contribution in [1.82, 2.24) is 0 Å². The molecule has 0 aromatic carbocycles. The molecule has 3 unspecified atom stereocenters. The summed E-state index contributed by atoms with van der Waals surface area (Å²) in [5, 5.41) is 9.17. The number of aliphatic hydroxyl groups is 1. The van der Waals surface area contributed by atoms with Gasteiger partial charge in [0.15, 0.2) is 0 Å². The Morgan fingerprint density at radius 3 is 2.44 bits per heavy atom. The predicted octanol–water partition coefficient (Wildman–Crippen LogP) is 2.37. The molecule has 0 aliphatic heterocycles. The van der Waals surface area contributed by atoms with E-state index in [4.69, 9.17) is 9.84 Å². The molecule has 0 saturated heterocycles. The van der Waals surface area contributed by atoms with Crippen LogP contribution in [-0.2, 0) is 9.53 Å². The van der Waals surface area contributed by atoms with Gasteiger partial charge in [-0.2, -0.15) is 0 Å². The largest absolute Gasteiger partial charge is 0.460 e. The Kier molecular flexibility index (Phi) is 4.78. The summed E-state index contributed by atoms with van der Waals surface area (Å²) in [4.78, 5) is 11.4. The molecule has 16 heavy (non-hydrogen) atoms. The Morgan fingerprint density at radius 2 is 1.94 bits per heavy atom. The first-order valence-electron chi connectivity index (χ1n) is 6.30. The molecular formula is C13H24O3. The summed E-state index contributed by atoms with van der Waals surface area (Å²) in [5.41, 5.74) is 0. The number of rotatable bonds is 3. The monoisotopic (exact) mass is 228 g/mol. The predicted molar refractivity (Wildman–Crippen MR) is 62.9 cm³/mol. The topological polar surface area (TPSA) is 46.5 Å². The van der Waals surface area contributed by atoms with Crippen molar-refractivity contribution in [2.45, 2.75) is 59.2 Å². The minimum absolute atomic E-state index is 0.00847. The molecule has 4 atom stereocenters. The lowest BCUT2D eigenvalue weighted by atomic mass is 9.75. The second kappa shape index (κ2) is 5.67. The van der Waals surface area contributed by atoms with E-state index in [2.05, 4.69) is 20.8 Å². The molecule has 1 aliphatic carbocycles. The summed E-state index contributed by atoms with van der Waals surface area (Å²) < 4.78 is 5.41. The van der Waals surface area contributed by atoms with Crippen molar-refractivity contribution >= 4 is 5.97 Å². The molecule has 0 bridgehead atoms. The molecule has 0 spiro atoms. The number of aliphatic hydroxyl groups excluding tert-OH is 1. The maximum absolute atomic E-state index is 11.4. The molecule has 0 amide bonds. The van der Waals surface area contributed by atoms with Gasteiger partial charge in [-0.15, -0.1) is 0 Å².